The van der Waals surface area contributed by atoms with E-state index in [1.54, 1.807) is 0 Å². The number of nitrogens with one attached hydrogen (secondary N) is 1. The van der Waals surface area contributed by atoms with E-state index in [2.05, 4.69) is 5.32 Å². The normalized spacial score (nSPS) is 21.5. The molecule has 1 unspecified atom stereocenters. The van der Waals surface area contributed by atoms with Gasteiger partial charge in [0, 0.05) is 6.61 Å². The molecule has 0 spiro atoms. The highest BCUT2D eigenvalue weighted by molar-refractivity contribution is 5.72. The van der Waals surface area contributed by atoms with Gasteiger partial charge in [0.15, 0.2) is 0 Å². The highest BCUT2D eigenvalue weighted by atomic mass is 16.5. The number of amides is 1. The van der Waals surface area contributed by atoms with Crippen LogP contribution in [0.1, 0.15) is 24.8 Å². The van der Waals surface area contributed by atoms with Gasteiger partial charge in [0.25, 0.3) is 0 Å². The average Bonchev–Trinajstić information content (AvgIpc) is 2.46. The van der Waals surface area contributed by atoms with E-state index in [1.807, 2.05) is 30.3 Å². The van der Waals surface area contributed by atoms with Crippen molar-refractivity contribution in [3.05, 3.63) is 35.9 Å². The molecule has 1 aliphatic rings. The second-order valence-electron chi connectivity index (χ2n) is 5.19. The lowest BCUT2D eigenvalue weighted by atomic mass is 9.89. The number of rotatable bonds is 5. The second kappa shape index (κ2) is 7.08. The van der Waals surface area contributed by atoms with E-state index in [-0.39, 0.29) is 19.6 Å². The summed E-state index contributed by atoms with van der Waals surface area (Å²) in [6, 6.07) is 9.30. The molecule has 1 heterocycles. The Kier molecular flexibility index (Phi) is 5.16. The number of benzene rings is 1. The summed E-state index contributed by atoms with van der Waals surface area (Å²) in [4.78, 5) is 22.9. The van der Waals surface area contributed by atoms with Gasteiger partial charge in [-0.2, -0.15) is 0 Å². The summed E-state index contributed by atoms with van der Waals surface area (Å²) >= 11 is 0. The molecule has 1 atom stereocenters. The number of aliphatic carboxylic acids is 1. The molecule has 0 aliphatic carbocycles. The number of alkyl carbamates (subject to hydrolysis) is 1. The second-order valence-corrected chi connectivity index (χ2v) is 5.19. The summed E-state index contributed by atoms with van der Waals surface area (Å²) in [6.07, 6.45) is 0.491. The van der Waals surface area contributed by atoms with Crippen molar-refractivity contribution in [3.8, 4) is 0 Å². The molecule has 0 saturated carbocycles. The van der Waals surface area contributed by atoms with E-state index in [1.165, 1.54) is 0 Å². The molecule has 2 rings (SSSR count). The molecule has 1 aromatic rings. The summed E-state index contributed by atoms with van der Waals surface area (Å²) in [7, 11) is 0. The Morgan fingerprint density at radius 2 is 2.10 bits per heavy atom. The van der Waals surface area contributed by atoms with Crippen molar-refractivity contribution in [2.45, 2.75) is 31.4 Å². The highest BCUT2D eigenvalue weighted by Gasteiger charge is 2.37. The molecule has 114 valence electrons. The third-order valence-electron chi connectivity index (χ3n) is 3.39. The Morgan fingerprint density at radius 1 is 1.33 bits per heavy atom. The number of hydrogen-bond acceptors (Lipinski definition) is 4. The molecule has 1 saturated heterocycles. The molecular formula is C15H19NO5. The first-order valence-electron chi connectivity index (χ1n) is 6.88. The first-order chi connectivity index (χ1) is 10.1. The molecule has 0 radical (unpaired) electrons. The summed E-state index contributed by atoms with van der Waals surface area (Å²) in [5.41, 5.74) is -0.00229. The van der Waals surface area contributed by atoms with Crippen LogP contribution in [-0.4, -0.2) is 35.9 Å². The standard InChI is InChI=1S/C15H19NO5/c17-13(18)9-15(7-4-8-20-11-15)16-14(19)21-10-12-5-2-1-3-6-12/h1-3,5-6H,4,7-11H2,(H,16,19)(H,17,18). The maximum absolute atomic E-state index is 11.9. The third-order valence-corrected chi connectivity index (χ3v) is 3.39. The van der Waals surface area contributed by atoms with Crippen molar-refractivity contribution >= 4 is 12.1 Å². The van der Waals surface area contributed by atoms with Crippen molar-refractivity contribution in [3.63, 3.8) is 0 Å². The SMILES string of the molecule is O=C(O)CC1(NC(=O)OCc2ccccc2)CCCOC1. The van der Waals surface area contributed by atoms with Crippen LogP contribution in [0, 0.1) is 0 Å². The van der Waals surface area contributed by atoms with E-state index in [9.17, 15) is 9.59 Å². The number of carbonyl (C=O) groups excluding carboxylic acids is 1. The van der Waals surface area contributed by atoms with Crippen LogP contribution in [0.4, 0.5) is 4.79 Å². The number of hydrogen-bond donors (Lipinski definition) is 2. The van der Waals surface area contributed by atoms with E-state index in [0.29, 0.717) is 19.4 Å². The van der Waals surface area contributed by atoms with Crippen LogP contribution >= 0.6 is 0 Å². The van der Waals surface area contributed by atoms with Crippen molar-refractivity contribution in [1.82, 2.24) is 5.32 Å². The highest BCUT2D eigenvalue weighted by Crippen LogP contribution is 2.23. The number of ether oxygens (including phenoxy) is 2. The summed E-state index contributed by atoms with van der Waals surface area (Å²) in [5.74, 6) is -0.969. The predicted octanol–water partition coefficient (Wildman–Crippen LogP) is 1.94. The summed E-state index contributed by atoms with van der Waals surface area (Å²) in [6.45, 7) is 0.929. The zero-order valence-corrected chi connectivity index (χ0v) is 11.7. The van der Waals surface area contributed by atoms with Crippen LogP contribution in [0.25, 0.3) is 0 Å². The average molecular weight is 293 g/mol. The smallest absolute Gasteiger partial charge is 0.407 e. The molecule has 21 heavy (non-hydrogen) atoms. The lowest BCUT2D eigenvalue weighted by Crippen LogP contribution is -2.55. The van der Waals surface area contributed by atoms with E-state index < -0.39 is 17.6 Å². The lowest BCUT2D eigenvalue weighted by Gasteiger charge is -2.36. The monoisotopic (exact) mass is 293 g/mol. The molecule has 2 N–H and O–H groups in total. The molecule has 1 aromatic carbocycles. The first-order valence-corrected chi connectivity index (χ1v) is 6.88. The largest absolute Gasteiger partial charge is 0.481 e. The Balaban J connectivity index is 1.90. The van der Waals surface area contributed by atoms with Gasteiger partial charge in [0.05, 0.1) is 18.6 Å². The Bertz CT molecular complexity index is 482. The van der Waals surface area contributed by atoms with Gasteiger partial charge >= 0.3 is 12.1 Å². The summed E-state index contributed by atoms with van der Waals surface area (Å²) in [5, 5.41) is 11.7. The molecule has 0 bridgehead atoms. The van der Waals surface area contributed by atoms with Gasteiger partial charge in [-0.3, -0.25) is 4.79 Å². The third kappa shape index (κ3) is 4.75. The van der Waals surface area contributed by atoms with Gasteiger partial charge in [-0.05, 0) is 18.4 Å². The predicted molar refractivity (Wildman–Crippen MR) is 74.8 cm³/mol. The topological polar surface area (TPSA) is 84.9 Å². The molecule has 6 heteroatoms. The van der Waals surface area contributed by atoms with Gasteiger partial charge in [0.1, 0.15) is 6.61 Å². The molecule has 1 fully saturated rings. The van der Waals surface area contributed by atoms with Crippen LogP contribution in [0.2, 0.25) is 0 Å². The molecule has 6 nitrogen and oxygen atoms in total. The Hall–Kier alpha value is -2.08. The lowest BCUT2D eigenvalue weighted by molar-refractivity contribution is -0.140. The fourth-order valence-electron chi connectivity index (χ4n) is 2.40. The number of carboxylic acids is 1. The Labute approximate surface area is 123 Å². The molecule has 0 aromatic heterocycles. The van der Waals surface area contributed by atoms with Gasteiger partial charge in [-0.25, -0.2) is 4.79 Å². The first kappa shape index (κ1) is 15.3. The van der Waals surface area contributed by atoms with Gasteiger partial charge in [-0.15, -0.1) is 0 Å². The quantitative estimate of drug-likeness (QED) is 0.866. The van der Waals surface area contributed by atoms with E-state index in [0.717, 1.165) is 5.56 Å². The van der Waals surface area contributed by atoms with Crippen molar-refractivity contribution in [2.75, 3.05) is 13.2 Å². The van der Waals surface area contributed by atoms with Crippen molar-refractivity contribution in [2.24, 2.45) is 0 Å². The van der Waals surface area contributed by atoms with Crippen LogP contribution in [0.3, 0.4) is 0 Å². The number of carboxylic acid groups (broad SMARTS) is 1. The fourth-order valence-corrected chi connectivity index (χ4v) is 2.40. The minimum absolute atomic E-state index is 0.149. The minimum atomic E-state index is -0.969. The van der Waals surface area contributed by atoms with Crippen molar-refractivity contribution in [1.29, 1.82) is 0 Å². The van der Waals surface area contributed by atoms with Gasteiger partial charge < -0.3 is 19.9 Å². The zero-order chi connectivity index (χ0) is 15.1. The molecule has 1 aliphatic heterocycles. The van der Waals surface area contributed by atoms with Crippen LogP contribution < -0.4 is 5.32 Å². The van der Waals surface area contributed by atoms with Crippen LogP contribution in [-0.2, 0) is 20.9 Å². The zero-order valence-electron chi connectivity index (χ0n) is 11.7. The maximum atomic E-state index is 11.9. The van der Waals surface area contributed by atoms with E-state index in [4.69, 9.17) is 14.6 Å². The molecule has 1 amide bonds. The summed E-state index contributed by atoms with van der Waals surface area (Å²) < 4.78 is 10.5. The fraction of sp³-hybridized carbons (Fsp3) is 0.467. The van der Waals surface area contributed by atoms with Crippen molar-refractivity contribution < 1.29 is 24.2 Å². The van der Waals surface area contributed by atoms with Crippen LogP contribution in [0.5, 0.6) is 0 Å². The maximum Gasteiger partial charge on any atom is 0.407 e. The number of carbonyl (C=O) groups is 2. The Morgan fingerprint density at radius 3 is 2.71 bits per heavy atom. The van der Waals surface area contributed by atoms with Crippen LogP contribution in [0.15, 0.2) is 30.3 Å². The molecular weight excluding hydrogens is 274 g/mol. The van der Waals surface area contributed by atoms with Gasteiger partial charge in [-0.1, -0.05) is 30.3 Å². The van der Waals surface area contributed by atoms with E-state index >= 15 is 0 Å². The van der Waals surface area contributed by atoms with Gasteiger partial charge in [0.2, 0.25) is 0 Å². The minimum Gasteiger partial charge on any atom is -0.481 e.